The third-order valence-corrected chi connectivity index (χ3v) is 7.33. The molecule has 4 nitrogen and oxygen atoms in total. The molecule has 0 saturated heterocycles. The molecule has 0 bridgehead atoms. The van der Waals surface area contributed by atoms with E-state index in [0.717, 1.165) is 17.0 Å². The van der Waals surface area contributed by atoms with Crippen LogP contribution in [0.25, 0.3) is 0 Å². The summed E-state index contributed by atoms with van der Waals surface area (Å²) in [5.74, 6) is -4.21. The first-order valence-electron chi connectivity index (χ1n) is 10.1. The minimum atomic E-state index is -1.39. The highest BCUT2D eigenvalue weighted by Gasteiger charge is 2.67. The van der Waals surface area contributed by atoms with E-state index in [9.17, 15) is 18.4 Å². The van der Waals surface area contributed by atoms with Crippen molar-refractivity contribution in [3.63, 3.8) is 0 Å². The van der Waals surface area contributed by atoms with E-state index in [1.165, 1.54) is 25.2 Å². The molecule has 1 saturated carbocycles. The summed E-state index contributed by atoms with van der Waals surface area (Å²) in [5.41, 5.74) is 0.710. The quantitative estimate of drug-likeness (QED) is 0.315. The third kappa shape index (κ3) is 5.23. The van der Waals surface area contributed by atoms with Crippen LogP contribution in [0, 0.1) is 17.6 Å². The molecule has 3 aromatic carbocycles. The van der Waals surface area contributed by atoms with Crippen molar-refractivity contribution in [2.24, 2.45) is 5.92 Å². The van der Waals surface area contributed by atoms with E-state index in [-0.39, 0.29) is 22.0 Å². The standard InChI is InChI=1S/C24H15Cl5F2N2O2/c1-33(19-5-2-14(30)9-18(19)31)23(35)16-10-15(3-4-17(16)27)32-22(34)21-20(24(21,28)29)11-6-12(25)8-13(26)7-11/h2-10,20-21H,1H3,(H,32,34)/t20-,21+/m0/s1. The fraction of sp³-hybridized carbons (Fsp3) is 0.167. The fourth-order valence-electron chi connectivity index (χ4n) is 3.85. The van der Waals surface area contributed by atoms with E-state index in [4.69, 9.17) is 58.0 Å². The van der Waals surface area contributed by atoms with Crippen LogP contribution < -0.4 is 10.2 Å². The van der Waals surface area contributed by atoms with Gasteiger partial charge in [0.05, 0.1) is 22.2 Å². The molecule has 4 rings (SSSR count). The van der Waals surface area contributed by atoms with Gasteiger partial charge in [-0.05, 0) is 54.1 Å². The Morgan fingerprint density at radius 1 is 0.943 bits per heavy atom. The number of carbonyl (C=O) groups is 2. The molecule has 1 N–H and O–H groups in total. The molecule has 0 spiro atoms. The lowest BCUT2D eigenvalue weighted by molar-refractivity contribution is -0.117. The highest BCUT2D eigenvalue weighted by molar-refractivity contribution is 6.53. The van der Waals surface area contributed by atoms with E-state index >= 15 is 0 Å². The second-order valence-electron chi connectivity index (χ2n) is 7.98. The zero-order valence-electron chi connectivity index (χ0n) is 17.8. The summed E-state index contributed by atoms with van der Waals surface area (Å²) in [6.07, 6.45) is 0. The summed E-state index contributed by atoms with van der Waals surface area (Å²) < 4.78 is 26.0. The maximum absolute atomic E-state index is 14.2. The highest BCUT2D eigenvalue weighted by Crippen LogP contribution is 2.65. The zero-order valence-corrected chi connectivity index (χ0v) is 21.5. The minimum absolute atomic E-state index is 0.00679. The molecular weight excluding hydrogens is 564 g/mol. The van der Waals surface area contributed by atoms with Gasteiger partial charge in [0.25, 0.3) is 5.91 Å². The Balaban J connectivity index is 1.55. The van der Waals surface area contributed by atoms with E-state index < -0.39 is 39.6 Å². The first-order valence-corrected chi connectivity index (χ1v) is 12.0. The molecule has 11 heteroatoms. The van der Waals surface area contributed by atoms with E-state index in [1.54, 1.807) is 18.2 Å². The van der Waals surface area contributed by atoms with Gasteiger partial charge in [0.2, 0.25) is 5.91 Å². The summed E-state index contributed by atoms with van der Waals surface area (Å²) in [4.78, 5) is 27.0. The van der Waals surface area contributed by atoms with Crippen LogP contribution in [0.2, 0.25) is 15.1 Å². The monoisotopic (exact) mass is 576 g/mol. The van der Waals surface area contributed by atoms with Crippen molar-refractivity contribution >= 4 is 81.2 Å². The Morgan fingerprint density at radius 3 is 2.23 bits per heavy atom. The maximum Gasteiger partial charge on any atom is 0.259 e. The van der Waals surface area contributed by atoms with Gasteiger partial charge in [0.15, 0.2) is 0 Å². The largest absolute Gasteiger partial charge is 0.326 e. The van der Waals surface area contributed by atoms with Crippen molar-refractivity contribution < 1.29 is 18.4 Å². The number of rotatable bonds is 5. The number of nitrogens with one attached hydrogen (secondary N) is 1. The Labute approximate surface area is 224 Å². The lowest BCUT2D eigenvalue weighted by Gasteiger charge is -2.19. The second kappa shape index (κ2) is 9.75. The van der Waals surface area contributed by atoms with E-state index in [2.05, 4.69) is 5.32 Å². The lowest BCUT2D eigenvalue weighted by Crippen LogP contribution is -2.27. The van der Waals surface area contributed by atoms with Crippen LogP contribution in [-0.4, -0.2) is 23.2 Å². The van der Waals surface area contributed by atoms with Gasteiger partial charge in [0.1, 0.15) is 16.0 Å². The van der Waals surface area contributed by atoms with Crippen LogP contribution in [0.5, 0.6) is 0 Å². The predicted molar refractivity (Wildman–Crippen MR) is 136 cm³/mol. The van der Waals surface area contributed by atoms with E-state index in [0.29, 0.717) is 21.7 Å². The number of anilines is 2. The Bertz CT molecular complexity index is 1330. The zero-order chi connectivity index (χ0) is 25.7. The van der Waals surface area contributed by atoms with Crippen LogP contribution in [0.15, 0.2) is 54.6 Å². The molecule has 0 aliphatic heterocycles. The first-order chi connectivity index (χ1) is 16.4. The second-order valence-corrected chi connectivity index (χ2v) is 10.7. The predicted octanol–water partition coefficient (Wildman–Crippen LogP) is 7.73. The van der Waals surface area contributed by atoms with Gasteiger partial charge in [-0.25, -0.2) is 8.78 Å². The molecule has 2 atom stereocenters. The minimum Gasteiger partial charge on any atom is -0.326 e. The average Bonchev–Trinajstić information content (AvgIpc) is 3.35. The number of amides is 2. The number of hydrogen-bond acceptors (Lipinski definition) is 2. The number of carbonyl (C=O) groups excluding carboxylic acids is 2. The molecule has 0 unspecified atom stereocenters. The van der Waals surface area contributed by atoms with Gasteiger partial charge in [-0.15, -0.1) is 23.2 Å². The molecule has 1 fully saturated rings. The van der Waals surface area contributed by atoms with Crippen molar-refractivity contribution in [1.82, 2.24) is 0 Å². The van der Waals surface area contributed by atoms with Gasteiger partial charge < -0.3 is 10.2 Å². The Kier molecular flexibility index (Phi) is 7.24. The molecule has 0 heterocycles. The highest BCUT2D eigenvalue weighted by atomic mass is 35.5. The lowest BCUT2D eigenvalue weighted by atomic mass is 10.1. The molecule has 1 aliphatic rings. The summed E-state index contributed by atoms with van der Waals surface area (Å²) in [6, 6.07) is 11.9. The molecule has 0 radical (unpaired) electrons. The van der Waals surface area contributed by atoms with Crippen molar-refractivity contribution in [3.8, 4) is 0 Å². The number of alkyl halides is 2. The Morgan fingerprint density at radius 2 is 1.60 bits per heavy atom. The summed E-state index contributed by atoms with van der Waals surface area (Å²) in [7, 11) is 1.32. The van der Waals surface area contributed by atoms with Crippen LogP contribution in [0.1, 0.15) is 21.8 Å². The SMILES string of the molecule is CN(C(=O)c1cc(NC(=O)[C@H]2[C@H](c3cc(Cl)cc(Cl)c3)C2(Cl)Cl)ccc1Cl)c1ccc(F)cc1F. The van der Waals surface area contributed by atoms with Crippen molar-refractivity contribution in [3.05, 3.63) is 92.4 Å². The van der Waals surface area contributed by atoms with Gasteiger partial charge in [-0.2, -0.15) is 0 Å². The van der Waals surface area contributed by atoms with Crippen LogP contribution >= 0.6 is 58.0 Å². The van der Waals surface area contributed by atoms with Gasteiger partial charge in [-0.3, -0.25) is 9.59 Å². The number of halogens is 7. The number of benzene rings is 3. The molecule has 3 aromatic rings. The summed E-state index contributed by atoms with van der Waals surface area (Å²) in [6.45, 7) is 0. The van der Waals surface area contributed by atoms with Crippen LogP contribution in [0.3, 0.4) is 0 Å². The Hall–Kier alpha value is -2.09. The maximum atomic E-state index is 14.2. The normalized spacial score (nSPS) is 18.2. The van der Waals surface area contributed by atoms with Gasteiger partial charge in [0, 0.05) is 34.8 Å². The van der Waals surface area contributed by atoms with Crippen LogP contribution in [0.4, 0.5) is 20.2 Å². The molecule has 2 amide bonds. The molecule has 35 heavy (non-hydrogen) atoms. The number of hydrogen-bond donors (Lipinski definition) is 1. The van der Waals surface area contributed by atoms with Crippen molar-refractivity contribution in [2.75, 3.05) is 17.3 Å². The van der Waals surface area contributed by atoms with E-state index in [1.807, 2.05) is 0 Å². The topological polar surface area (TPSA) is 49.4 Å². The van der Waals surface area contributed by atoms with Crippen molar-refractivity contribution in [1.29, 1.82) is 0 Å². The molecular formula is C24H15Cl5F2N2O2. The third-order valence-electron chi connectivity index (χ3n) is 5.62. The van der Waals surface area contributed by atoms with Crippen molar-refractivity contribution in [2.45, 2.75) is 10.3 Å². The fourth-order valence-corrected chi connectivity index (χ4v) is 5.42. The van der Waals surface area contributed by atoms with Gasteiger partial charge >= 0.3 is 0 Å². The number of nitrogens with zero attached hydrogens (tertiary/aromatic N) is 1. The van der Waals surface area contributed by atoms with Crippen LogP contribution in [-0.2, 0) is 4.79 Å². The first kappa shape index (κ1) is 26.0. The average molecular weight is 579 g/mol. The smallest absolute Gasteiger partial charge is 0.259 e. The molecule has 182 valence electrons. The molecule has 1 aliphatic carbocycles. The molecule has 0 aromatic heterocycles. The van der Waals surface area contributed by atoms with Gasteiger partial charge in [-0.1, -0.05) is 34.8 Å². The summed E-state index contributed by atoms with van der Waals surface area (Å²) in [5, 5.41) is 3.51. The summed E-state index contributed by atoms with van der Waals surface area (Å²) >= 11 is 31.1.